The largest absolute Gasteiger partial charge is 0.497 e. The SMILES string of the molecule is COc1ccc(C(=O)Oc2ccc(/C(C)=N/NC(=O)C(=O)Nc3cccc(C(F)(F)F)c3)cc2OC)cc1. The van der Waals surface area contributed by atoms with Crippen molar-refractivity contribution in [1.29, 1.82) is 0 Å². The van der Waals surface area contributed by atoms with Gasteiger partial charge in [0.1, 0.15) is 5.75 Å². The van der Waals surface area contributed by atoms with Gasteiger partial charge in [-0.05, 0) is 67.6 Å². The number of carbonyl (C=O) groups excluding carboxylic acids is 3. The molecule has 198 valence electrons. The predicted molar refractivity (Wildman–Crippen MR) is 131 cm³/mol. The fraction of sp³-hybridized carbons (Fsp3) is 0.154. The first kappa shape index (κ1) is 27.7. The maximum absolute atomic E-state index is 12.8. The van der Waals surface area contributed by atoms with Crippen LogP contribution in [0.3, 0.4) is 0 Å². The molecule has 3 aromatic rings. The number of alkyl halides is 3. The highest BCUT2D eigenvalue weighted by Crippen LogP contribution is 2.31. The Labute approximate surface area is 215 Å². The molecule has 2 amide bonds. The number of hydrogen-bond donors (Lipinski definition) is 2. The second-order valence-electron chi connectivity index (χ2n) is 7.65. The smallest absolute Gasteiger partial charge is 0.416 e. The van der Waals surface area contributed by atoms with Crippen LogP contribution in [0.25, 0.3) is 0 Å². The summed E-state index contributed by atoms with van der Waals surface area (Å²) in [7, 11) is 2.88. The van der Waals surface area contributed by atoms with E-state index in [0.29, 0.717) is 22.9 Å². The van der Waals surface area contributed by atoms with Gasteiger partial charge in [0.05, 0.1) is 31.1 Å². The number of hydrazone groups is 1. The van der Waals surface area contributed by atoms with Crippen LogP contribution in [0.15, 0.2) is 71.8 Å². The van der Waals surface area contributed by atoms with E-state index in [0.717, 1.165) is 12.1 Å². The first-order chi connectivity index (χ1) is 18.0. The summed E-state index contributed by atoms with van der Waals surface area (Å²) in [6.07, 6.45) is -4.60. The Morgan fingerprint density at radius 1 is 0.816 bits per heavy atom. The van der Waals surface area contributed by atoms with Crippen molar-refractivity contribution in [3.05, 3.63) is 83.4 Å². The van der Waals surface area contributed by atoms with Crippen molar-refractivity contribution < 1.29 is 41.8 Å². The van der Waals surface area contributed by atoms with E-state index in [1.807, 2.05) is 5.43 Å². The number of nitrogens with zero attached hydrogens (tertiary/aromatic N) is 1. The van der Waals surface area contributed by atoms with Crippen LogP contribution in [0.5, 0.6) is 17.2 Å². The van der Waals surface area contributed by atoms with Gasteiger partial charge < -0.3 is 19.5 Å². The number of rotatable bonds is 7. The van der Waals surface area contributed by atoms with Gasteiger partial charge >= 0.3 is 24.0 Å². The third-order valence-corrected chi connectivity index (χ3v) is 5.09. The monoisotopic (exact) mass is 529 g/mol. The molecule has 12 heteroatoms. The number of amides is 2. The molecule has 0 aromatic heterocycles. The number of hydrogen-bond acceptors (Lipinski definition) is 7. The third kappa shape index (κ3) is 7.09. The fourth-order valence-electron chi connectivity index (χ4n) is 3.07. The zero-order chi connectivity index (χ0) is 27.9. The molecule has 0 unspecified atom stereocenters. The number of ether oxygens (including phenoxy) is 3. The highest BCUT2D eigenvalue weighted by Gasteiger charge is 2.30. The molecule has 38 heavy (non-hydrogen) atoms. The van der Waals surface area contributed by atoms with Gasteiger partial charge in [-0.3, -0.25) is 9.59 Å². The van der Waals surface area contributed by atoms with Gasteiger partial charge in [-0.15, -0.1) is 0 Å². The van der Waals surface area contributed by atoms with Crippen molar-refractivity contribution in [2.75, 3.05) is 19.5 Å². The van der Waals surface area contributed by atoms with Gasteiger partial charge in [-0.25, -0.2) is 10.2 Å². The summed E-state index contributed by atoms with van der Waals surface area (Å²) >= 11 is 0. The molecule has 0 atom stereocenters. The average Bonchev–Trinajstić information content (AvgIpc) is 2.91. The summed E-state index contributed by atoms with van der Waals surface area (Å²) in [6, 6.07) is 14.7. The molecule has 0 saturated heterocycles. The highest BCUT2D eigenvalue weighted by atomic mass is 19.4. The second-order valence-corrected chi connectivity index (χ2v) is 7.65. The second kappa shape index (κ2) is 11.9. The summed E-state index contributed by atoms with van der Waals surface area (Å²) in [6.45, 7) is 1.53. The minimum Gasteiger partial charge on any atom is -0.497 e. The van der Waals surface area contributed by atoms with Crippen LogP contribution in [0.2, 0.25) is 0 Å². The molecule has 0 bridgehead atoms. The molecule has 0 aliphatic rings. The van der Waals surface area contributed by atoms with Crippen LogP contribution in [0.4, 0.5) is 18.9 Å². The van der Waals surface area contributed by atoms with E-state index in [9.17, 15) is 27.6 Å². The molecule has 0 aliphatic carbocycles. The number of benzene rings is 3. The summed E-state index contributed by atoms with van der Waals surface area (Å²) in [5.74, 6) is -2.11. The Morgan fingerprint density at radius 2 is 1.50 bits per heavy atom. The maximum Gasteiger partial charge on any atom is 0.416 e. The number of anilines is 1. The zero-order valence-electron chi connectivity index (χ0n) is 20.4. The van der Waals surface area contributed by atoms with Gasteiger partial charge in [0.25, 0.3) is 0 Å². The molecule has 0 saturated carbocycles. The van der Waals surface area contributed by atoms with Crippen molar-refractivity contribution >= 4 is 29.2 Å². The molecule has 3 aromatic carbocycles. The van der Waals surface area contributed by atoms with Crippen LogP contribution >= 0.6 is 0 Å². The van der Waals surface area contributed by atoms with Gasteiger partial charge in [0.15, 0.2) is 11.5 Å². The normalized spacial score (nSPS) is 11.4. The highest BCUT2D eigenvalue weighted by molar-refractivity contribution is 6.39. The van der Waals surface area contributed by atoms with Crippen molar-refractivity contribution in [3.8, 4) is 17.2 Å². The van der Waals surface area contributed by atoms with Crippen LogP contribution < -0.4 is 25.0 Å². The lowest BCUT2D eigenvalue weighted by Gasteiger charge is -2.11. The quantitative estimate of drug-likeness (QED) is 0.154. The van der Waals surface area contributed by atoms with E-state index >= 15 is 0 Å². The summed E-state index contributed by atoms with van der Waals surface area (Å²) in [5, 5.41) is 5.93. The fourth-order valence-corrected chi connectivity index (χ4v) is 3.07. The molecule has 0 radical (unpaired) electrons. The lowest BCUT2D eigenvalue weighted by molar-refractivity contribution is -0.137. The van der Waals surface area contributed by atoms with Crippen LogP contribution in [-0.4, -0.2) is 37.7 Å². The minimum atomic E-state index is -4.60. The molecule has 9 nitrogen and oxygen atoms in total. The number of nitrogens with one attached hydrogen (secondary N) is 2. The van der Waals surface area contributed by atoms with Crippen molar-refractivity contribution in [3.63, 3.8) is 0 Å². The molecule has 3 rings (SSSR count). The Balaban J connectivity index is 1.65. The number of esters is 1. The Morgan fingerprint density at radius 3 is 2.13 bits per heavy atom. The number of halogens is 3. The van der Waals surface area contributed by atoms with E-state index in [-0.39, 0.29) is 22.9 Å². The van der Waals surface area contributed by atoms with E-state index in [1.165, 1.54) is 39.3 Å². The van der Waals surface area contributed by atoms with Crippen LogP contribution in [-0.2, 0) is 15.8 Å². The van der Waals surface area contributed by atoms with Gasteiger partial charge in [-0.1, -0.05) is 6.07 Å². The number of carbonyl (C=O) groups is 3. The van der Waals surface area contributed by atoms with E-state index in [1.54, 1.807) is 30.3 Å². The van der Waals surface area contributed by atoms with Crippen LogP contribution in [0, 0.1) is 0 Å². The predicted octanol–water partition coefficient (Wildman–Crippen LogP) is 4.42. The van der Waals surface area contributed by atoms with Gasteiger partial charge in [0, 0.05) is 11.3 Å². The Kier molecular flexibility index (Phi) is 8.69. The van der Waals surface area contributed by atoms with E-state index in [4.69, 9.17) is 14.2 Å². The zero-order valence-corrected chi connectivity index (χ0v) is 20.4. The molecule has 0 fully saturated rings. The lowest BCUT2D eigenvalue weighted by Crippen LogP contribution is -2.33. The van der Waals surface area contributed by atoms with Crippen molar-refractivity contribution in [2.24, 2.45) is 5.10 Å². The maximum atomic E-state index is 12.8. The molecular formula is C26H22F3N3O6. The molecule has 2 N–H and O–H groups in total. The van der Waals surface area contributed by atoms with E-state index < -0.39 is 29.5 Å². The first-order valence-electron chi connectivity index (χ1n) is 10.9. The van der Waals surface area contributed by atoms with Gasteiger partial charge in [-0.2, -0.15) is 18.3 Å². The minimum absolute atomic E-state index is 0.134. The standard InChI is InChI=1S/C26H22F3N3O6/c1-15(31-32-24(34)23(33)30-19-6-4-5-18(14-19)26(27,28)29)17-9-12-21(22(13-17)37-3)38-25(35)16-7-10-20(36-2)11-8-16/h4-14H,1-3H3,(H,30,33)(H,32,34)/b31-15+. The van der Waals surface area contributed by atoms with Gasteiger partial charge in [0.2, 0.25) is 0 Å². The average molecular weight is 529 g/mol. The molecular weight excluding hydrogens is 507 g/mol. The molecule has 0 aliphatic heterocycles. The number of methoxy groups -OCH3 is 2. The first-order valence-corrected chi connectivity index (χ1v) is 10.9. The topological polar surface area (TPSA) is 115 Å². The summed E-state index contributed by atoms with van der Waals surface area (Å²) in [5.41, 5.74) is 1.88. The van der Waals surface area contributed by atoms with E-state index in [2.05, 4.69) is 10.4 Å². The van der Waals surface area contributed by atoms with Crippen LogP contribution in [0.1, 0.15) is 28.4 Å². The lowest BCUT2D eigenvalue weighted by atomic mass is 10.1. The Hall–Kier alpha value is -4.87. The summed E-state index contributed by atoms with van der Waals surface area (Å²) < 4.78 is 54.3. The summed E-state index contributed by atoms with van der Waals surface area (Å²) in [4.78, 5) is 36.6. The van der Waals surface area contributed by atoms with Crippen molar-refractivity contribution in [2.45, 2.75) is 13.1 Å². The Bertz CT molecular complexity index is 1370. The third-order valence-electron chi connectivity index (χ3n) is 5.09. The molecule has 0 heterocycles. The van der Waals surface area contributed by atoms with Crippen molar-refractivity contribution in [1.82, 2.24) is 5.43 Å². The molecule has 0 spiro atoms.